The third kappa shape index (κ3) is 4.08. The summed E-state index contributed by atoms with van der Waals surface area (Å²) in [5.74, 6) is -0.0114. The van der Waals surface area contributed by atoms with Gasteiger partial charge in [0.25, 0.3) is 5.91 Å². The van der Waals surface area contributed by atoms with Crippen molar-refractivity contribution in [2.45, 2.75) is 0 Å². The molecule has 7 heteroatoms. The third-order valence-corrected chi connectivity index (χ3v) is 3.46. The molecule has 0 atom stereocenters. The lowest BCUT2D eigenvalue weighted by Gasteiger charge is -1.99. The van der Waals surface area contributed by atoms with Crippen molar-refractivity contribution in [3.63, 3.8) is 0 Å². The van der Waals surface area contributed by atoms with Gasteiger partial charge in [0.05, 0.1) is 19.0 Å². The van der Waals surface area contributed by atoms with E-state index < -0.39 is 5.91 Å². The van der Waals surface area contributed by atoms with E-state index in [0.717, 1.165) is 11.3 Å². The van der Waals surface area contributed by atoms with Crippen LogP contribution in [0.5, 0.6) is 5.75 Å². The topological polar surface area (TPSA) is 79.4 Å². The van der Waals surface area contributed by atoms with E-state index in [1.54, 1.807) is 37.4 Å². The van der Waals surface area contributed by atoms with Gasteiger partial charge >= 0.3 is 0 Å². The molecule has 2 aromatic carbocycles. The van der Waals surface area contributed by atoms with Gasteiger partial charge < -0.3 is 4.74 Å². The summed E-state index contributed by atoms with van der Waals surface area (Å²) < 4.78 is 18.0. The van der Waals surface area contributed by atoms with E-state index in [0.29, 0.717) is 11.3 Å². The zero-order valence-electron chi connectivity index (χ0n) is 13.4. The number of rotatable bonds is 5. The molecule has 3 aromatic rings. The molecule has 0 aliphatic carbocycles. The fourth-order valence-electron chi connectivity index (χ4n) is 2.12. The molecule has 3 rings (SSSR count). The number of amides is 1. The fourth-order valence-corrected chi connectivity index (χ4v) is 2.12. The van der Waals surface area contributed by atoms with Crippen LogP contribution in [0.4, 0.5) is 4.39 Å². The van der Waals surface area contributed by atoms with Gasteiger partial charge in [0.2, 0.25) is 0 Å². The molecule has 0 bridgehead atoms. The van der Waals surface area contributed by atoms with Crippen LogP contribution in [0, 0.1) is 5.82 Å². The van der Waals surface area contributed by atoms with Crippen molar-refractivity contribution in [3.05, 3.63) is 71.7 Å². The van der Waals surface area contributed by atoms with Crippen molar-refractivity contribution < 1.29 is 13.9 Å². The van der Waals surface area contributed by atoms with E-state index in [1.165, 1.54) is 18.3 Å². The summed E-state index contributed by atoms with van der Waals surface area (Å²) in [7, 11) is 1.59. The summed E-state index contributed by atoms with van der Waals surface area (Å²) in [6.45, 7) is 0. The Balaban J connectivity index is 1.63. The Kier molecular flexibility index (Phi) is 4.84. The average molecular weight is 338 g/mol. The maximum atomic E-state index is 12.9. The van der Waals surface area contributed by atoms with Crippen molar-refractivity contribution in [2.24, 2.45) is 5.10 Å². The minimum absolute atomic E-state index is 0.256. The minimum atomic E-state index is -0.425. The summed E-state index contributed by atoms with van der Waals surface area (Å²) in [4.78, 5) is 12.1. The van der Waals surface area contributed by atoms with Crippen LogP contribution < -0.4 is 10.2 Å². The van der Waals surface area contributed by atoms with Crippen LogP contribution in [0.25, 0.3) is 11.3 Å². The Bertz CT molecular complexity index is 886. The molecule has 1 aromatic heterocycles. The lowest BCUT2D eigenvalue weighted by Crippen LogP contribution is -2.17. The number of hydrazone groups is 1. The molecule has 0 saturated heterocycles. The standard InChI is InChI=1S/C18H15FN4O2/c1-25-15-8-2-12(3-9-15)11-20-23-18(24)17-10-16(21-22-17)13-4-6-14(19)7-5-13/h2-11H,1H3,(H,21,22)(H,23,24). The molecule has 25 heavy (non-hydrogen) atoms. The molecule has 0 spiro atoms. The predicted molar refractivity (Wildman–Crippen MR) is 92.0 cm³/mol. The first kappa shape index (κ1) is 16.4. The van der Waals surface area contributed by atoms with E-state index in [9.17, 15) is 9.18 Å². The van der Waals surface area contributed by atoms with Crippen LogP contribution >= 0.6 is 0 Å². The highest BCUT2D eigenvalue weighted by Crippen LogP contribution is 2.18. The third-order valence-electron chi connectivity index (χ3n) is 3.46. The number of carbonyl (C=O) groups excluding carboxylic acids is 1. The number of aromatic amines is 1. The van der Waals surface area contributed by atoms with Gasteiger partial charge in [-0.2, -0.15) is 10.2 Å². The van der Waals surface area contributed by atoms with Crippen LogP contribution in [0.15, 0.2) is 59.7 Å². The van der Waals surface area contributed by atoms with Crippen molar-refractivity contribution in [2.75, 3.05) is 7.11 Å². The predicted octanol–water partition coefficient (Wildman–Crippen LogP) is 2.99. The summed E-state index contributed by atoms with van der Waals surface area (Å²) in [6, 6.07) is 14.7. The molecule has 126 valence electrons. The van der Waals surface area contributed by atoms with E-state index in [4.69, 9.17) is 4.74 Å². The van der Waals surface area contributed by atoms with Gasteiger partial charge in [-0.1, -0.05) is 0 Å². The molecule has 1 amide bonds. The number of hydrogen-bond acceptors (Lipinski definition) is 4. The maximum absolute atomic E-state index is 12.9. The Morgan fingerprint density at radius 3 is 2.60 bits per heavy atom. The number of aromatic nitrogens is 2. The van der Waals surface area contributed by atoms with E-state index in [-0.39, 0.29) is 11.5 Å². The zero-order valence-corrected chi connectivity index (χ0v) is 13.4. The Hall–Kier alpha value is -3.48. The van der Waals surface area contributed by atoms with Gasteiger partial charge in [0.1, 0.15) is 17.3 Å². The van der Waals surface area contributed by atoms with E-state index >= 15 is 0 Å². The molecular weight excluding hydrogens is 323 g/mol. The monoisotopic (exact) mass is 338 g/mol. The number of benzene rings is 2. The maximum Gasteiger partial charge on any atom is 0.289 e. The van der Waals surface area contributed by atoms with Gasteiger partial charge in [-0.05, 0) is 60.2 Å². The molecule has 0 radical (unpaired) electrons. The van der Waals surface area contributed by atoms with Crippen molar-refractivity contribution in [1.29, 1.82) is 0 Å². The van der Waals surface area contributed by atoms with Gasteiger partial charge in [0, 0.05) is 5.56 Å². The lowest BCUT2D eigenvalue weighted by atomic mass is 10.1. The van der Waals surface area contributed by atoms with E-state index in [1.807, 2.05) is 12.1 Å². The second-order valence-corrected chi connectivity index (χ2v) is 5.15. The number of H-pyrrole nitrogens is 1. The summed E-state index contributed by atoms with van der Waals surface area (Å²) in [5, 5.41) is 10.6. The van der Waals surface area contributed by atoms with Gasteiger partial charge in [-0.25, -0.2) is 9.82 Å². The molecule has 2 N–H and O–H groups in total. The number of nitrogens with zero attached hydrogens (tertiary/aromatic N) is 2. The summed E-state index contributed by atoms with van der Waals surface area (Å²) in [6.07, 6.45) is 1.52. The number of halogens is 1. The molecular formula is C18H15FN4O2. The number of methoxy groups -OCH3 is 1. The van der Waals surface area contributed by atoms with Crippen LogP contribution in [-0.4, -0.2) is 29.4 Å². The second kappa shape index (κ2) is 7.39. The molecule has 1 heterocycles. The molecule has 0 fully saturated rings. The first-order chi connectivity index (χ1) is 12.2. The van der Waals surface area contributed by atoms with E-state index in [2.05, 4.69) is 20.7 Å². The van der Waals surface area contributed by atoms with Gasteiger partial charge in [-0.3, -0.25) is 9.89 Å². The normalized spacial score (nSPS) is 10.8. The van der Waals surface area contributed by atoms with Gasteiger partial charge in [-0.15, -0.1) is 0 Å². The van der Waals surface area contributed by atoms with Crippen LogP contribution in [-0.2, 0) is 0 Å². The minimum Gasteiger partial charge on any atom is -0.497 e. The SMILES string of the molecule is COc1ccc(C=NNC(=O)c2cc(-c3ccc(F)cc3)n[nH]2)cc1. The van der Waals surface area contributed by atoms with Crippen LogP contribution in [0.2, 0.25) is 0 Å². The summed E-state index contributed by atoms with van der Waals surface area (Å²) >= 11 is 0. The smallest absolute Gasteiger partial charge is 0.289 e. The molecule has 0 aliphatic rings. The fraction of sp³-hybridized carbons (Fsp3) is 0.0556. The molecule has 0 aliphatic heterocycles. The molecule has 0 saturated carbocycles. The van der Waals surface area contributed by atoms with Crippen LogP contribution in [0.1, 0.15) is 16.1 Å². The zero-order chi connectivity index (χ0) is 17.6. The largest absolute Gasteiger partial charge is 0.497 e. The van der Waals surface area contributed by atoms with Crippen molar-refractivity contribution >= 4 is 12.1 Å². The Labute approximate surface area is 143 Å². The molecule has 0 unspecified atom stereocenters. The lowest BCUT2D eigenvalue weighted by molar-refractivity contribution is 0.0950. The molecule has 6 nitrogen and oxygen atoms in total. The highest BCUT2D eigenvalue weighted by molar-refractivity contribution is 5.94. The number of ether oxygens (including phenoxy) is 1. The van der Waals surface area contributed by atoms with Crippen LogP contribution in [0.3, 0.4) is 0 Å². The number of nitrogens with one attached hydrogen (secondary N) is 2. The average Bonchev–Trinajstić information content (AvgIpc) is 3.13. The Morgan fingerprint density at radius 1 is 1.20 bits per heavy atom. The first-order valence-corrected chi connectivity index (χ1v) is 7.44. The highest BCUT2D eigenvalue weighted by atomic mass is 19.1. The number of hydrogen-bond donors (Lipinski definition) is 2. The number of carbonyl (C=O) groups is 1. The first-order valence-electron chi connectivity index (χ1n) is 7.44. The highest BCUT2D eigenvalue weighted by Gasteiger charge is 2.10. The van der Waals surface area contributed by atoms with Crippen molar-refractivity contribution in [3.8, 4) is 17.0 Å². The Morgan fingerprint density at radius 2 is 1.92 bits per heavy atom. The van der Waals surface area contributed by atoms with Gasteiger partial charge in [0.15, 0.2) is 0 Å². The quantitative estimate of drug-likeness (QED) is 0.554. The van der Waals surface area contributed by atoms with Crippen molar-refractivity contribution in [1.82, 2.24) is 15.6 Å². The summed E-state index contributed by atoms with van der Waals surface area (Å²) in [5.41, 5.74) is 4.74. The second-order valence-electron chi connectivity index (χ2n) is 5.15.